The number of hydrogen-bond donors (Lipinski definition) is 4. The van der Waals surface area contributed by atoms with Crippen LogP contribution >= 0.6 is 0 Å². The minimum absolute atomic E-state index is 0.153. The number of benzene rings is 2. The third-order valence-corrected chi connectivity index (χ3v) is 6.15. The lowest BCUT2D eigenvalue weighted by molar-refractivity contribution is -0.111. The average molecular weight is 516 g/mol. The van der Waals surface area contributed by atoms with Crippen molar-refractivity contribution >= 4 is 39.8 Å². The second-order valence-electron chi connectivity index (χ2n) is 9.06. The predicted octanol–water partition coefficient (Wildman–Crippen LogP) is 3.99. The lowest BCUT2D eigenvalue weighted by Crippen LogP contribution is -2.29. The highest BCUT2D eigenvalue weighted by Crippen LogP contribution is 2.38. The standard InChI is InChI=1S/C28H33N7O3/c1-6-26(37)31-21-15-22(25(38-5)16-24(21)35(4)14-13-34(2)3)33-28-29-12-11-20(32-28)27-18-9-7-8-10-19(18)30-23(27)17-36/h6-12,15-16,30,36H,1,13-14,17H2,2-5H3,(H,31,37)(H,29,32,33). The summed E-state index contributed by atoms with van der Waals surface area (Å²) in [5.74, 6) is 0.577. The predicted molar refractivity (Wildman–Crippen MR) is 152 cm³/mol. The summed E-state index contributed by atoms with van der Waals surface area (Å²) in [5.41, 5.74) is 5.03. The van der Waals surface area contributed by atoms with Crippen LogP contribution in [0.25, 0.3) is 22.2 Å². The van der Waals surface area contributed by atoms with Gasteiger partial charge in [0.2, 0.25) is 11.9 Å². The maximum atomic E-state index is 12.2. The van der Waals surface area contributed by atoms with Gasteiger partial charge >= 0.3 is 0 Å². The average Bonchev–Trinajstić information content (AvgIpc) is 3.30. The highest BCUT2D eigenvalue weighted by Gasteiger charge is 2.18. The molecule has 0 radical (unpaired) electrons. The van der Waals surface area contributed by atoms with Crippen molar-refractivity contribution in [3.8, 4) is 17.0 Å². The van der Waals surface area contributed by atoms with Gasteiger partial charge in [-0.2, -0.15) is 0 Å². The van der Waals surface area contributed by atoms with Gasteiger partial charge in [-0.15, -0.1) is 0 Å². The highest BCUT2D eigenvalue weighted by molar-refractivity contribution is 6.02. The number of H-pyrrole nitrogens is 1. The lowest BCUT2D eigenvalue weighted by atomic mass is 10.1. The SMILES string of the molecule is C=CC(=O)Nc1cc(Nc2nccc(-c3c(CO)[nH]c4ccccc34)n2)c(OC)cc1N(C)CCN(C)C. The summed E-state index contributed by atoms with van der Waals surface area (Å²) in [6.07, 6.45) is 2.89. The first kappa shape index (κ1) is 26.6. The van der Waals surface area contributed by atoms with Gasteiger partial charge in [0.1, 0.15) is 5.75 Å². The molecular formula is C28H33N7O3. The molecule has 0 bridgehead atoms. The number of likely N-dealkylation sites (N-methyl/N-ethyl adjacent to an activating group) is 2. The molecule has 38 heavy (non-hydrogen) atoms. The van der Waals surface area contributed by atoms with E-state index in [0.29, 0.717) is 34.5 Å². The highest BCUT2D eigenvalue weighted by atomic mass is 16.5. The first-order valence-corrected chi connectivity index (χ1v) is 12.2. The maximum absolute atomic E-state index is 12.2. The minimum atomic E-state index is -0.322. The Morgan fingerprint density at radius 3 is 2.66 bits per heavy atom. The number of carbonyl (C=O) groups excluding carboxylic acids is 1. The number of nitrogens with one attached hydrogen (secondary N) is 3. The Bertz CT molecular complexity index is 1450. The largest absolute Gasteiger partial charge is 0.494 e. The van der Waals surface area contributed by atoms with E-state index in [4.69, 9.17) is 9.72 Å². The van der Waals surface area contributed by atoms with Crippen LogP contribution in [-0.2, 0) is 11.4 Å². The zero-order chi connectivity index (χ0) is 27.2. The van der Waals surface area contributed by atoms with Gasteiger partial charge in [0.15, 0.2) is 0 Å². The smallest absolute Gasteiger partial charge is 0.247 e. The van der Waals surface area contributed by atoms with Crippen LogP contribution in [0.1, 0.15) is 5.69 Å². The van der Waals surface area contributed by atoms with Gasteiger partial charge in [-0.25, -0.2) is 9.97 Å². The number of carbonyl (C=O) groups is 1. The Kier molecular flexibility index (Phi) is 8.25. The van der Waals surface area contributed by atoms with Crippen molar-refractivity contribution < 1.29 is 14.6 Å². The molecule has 0 saturated carbocycles. The number of aromatic amines is 1. The molecule has 0 fully saturated rings. The van der Waals surface area contributed by atoms with Crippen molar-refractivity contribution in [1.29, 1.82) is 0 Å². The van der Waals surface area contributed by atoms with E-state index < -0.39 is 0 Å². The number of ether oxygens (including phenoxy) is 1. The second kappa shape index (κ2) is 11.8. The Morgan fingerprint density at radius 2 is 1.95 bits per heavy atom. The minimum Gasteiger partial charge on any atom is -0.494 e. The number of para-hydroxylation sites is 1. The van der Waals surface area contributed by atoms with Gasteiger partial charge in [-0.3, -0.25) is 4.79 Å². The molecule has 198 valence electrons. The molecule has 0 aliphatic heterocycles. The molecule has 0 spiro atoms. The summed E-state index contributed by atoms with van der Waals surface area (Å²) in [6.45, 7) is 4.99. The number of aromatic nitrogens is 3. The molecule has 1 amide bonds. The third-order valence-electron chi connectivity index (χ3n) is 6.15. The second-order valence-corrected chi connectivity index (χ2v) is 9.06. The molecule has 2 aromatic carbocycles. The van der Waals surface area contributed by atoms with Crippen molar-refractivity contribution in [2.75, 3.05) is 56.9 Å². The zero-order valence-electron chi connectivity index (χ0n) is 22.1. The molecule has 4 N–H and O–H groups in total. The first-order valence-electron chi connectivity index (χ1n) is 12.2. The first-order chi connectivity index (χ1) is 18.3. The Labute approximate surface area is 222 Å². The third kappa shape index (κ3) is 5.77. The molecule has 10 nitrogen and oxygen atoms in total. The van der Waals surface area contributed by atoms with E-state index >= 15 is 0 Å². The van der Waals surface area contributed by atoms with Crippen molar-refractivity contribution in [3.05, 3.63) is 67.0 Å². The molecule has 2 heterocycles. The Morgan fingerprint density at radius 1 is 1.16 bits per heavy atom. The molecule has 0 aliphatic carbocycles. The van der Waals surface area contributed by atoms with Crippen LogP contribution in [0.2, 0.25) is 0 Å². The fraction of sp³-hybridized carbons (Fsp3) is 0.250. The number of anilines is 4. The number of methoxy groups -OCH3 is 1. The van der Waals surface area contributed by atoms with Crippen LogP contribution in [0.5, 0.6) is 5.75 Å². The summed E-state index contributed by atoms with van der Waals surface area (Å²) in [5, 5.41) is 17.0. The fourth-order valence-corrected chi connectivity index (χ4v) is 4.19. The van der Waals surface area contributed by atoms with Crippen molar-refractivity contribution in [1.82, 2.24) is 19.9 Å². The summed E-state index contributed by atoms with van der Waals surface area (Å²) in [7, 11) is 7.57. The van der Waals surface area contributed by atoms with E-state index in [1.807, 2.05) is 51.5 Å². The van der Waals surface area contributed by atoms with Crippen molar-refractivity contribution in [2.45, 2.75) is 6.61 Å². The summed E-state index contributed by atoms with van der Waals surface area (Å²) >= 11 is 0. The van der Waals surface area contributed by atoms with E-state index in [2.05, 4.69) is 37.0 Å². The van der Waals surface area contributed by atoms with E-state index in [0.717, 1.165) is 35.2 Å². The molecule has 0 atom stereocenters. The van der Waals surface area contributed by atoms with Crippen LogP contribution in [0.4, 0.5) is 23.0 Å². The van der Waals surface area contributed by atoms with Gasteiger partial charge in [-0.1, -0.05) is 24.8 Å². The van der Waals surface area contributed by atoms with Crippen molar-refractivity contribution in [3.63, 3.8) is 0 Å². The summed E-state index contributed by atoms with van der Waals surface area (Å²) in [4.78, 5) is 28.8. The van der Waals surface area contributed by atoms with E-state index in [1.165, 1.54) is 6.08 Å². The molecular weight excluding hydrogens is 482 g/mol. The Balaban J connectivity index is 1.73. The topological polar surface area (TPSA) is 119 Å². The normalized spacial score (nSPS) is 11.0. The summed E-state index contributed by atoms with van der Waals surface area (Å²) in [6, 6.07) is 13.3. The van der Waals surface area contributed by atoms with Gasteiger partial charge in [0.05, 0.1) is 42.2 Å². The molecule has 4 rings (SSSR count). The van der Waals surface area contributed by atoms with Crippen molar-refractivity contribution in [2.24, 2.45) is 0 Å². The maximum Gasteiger partial charge on any atom is 0.247 e. The zero-order valence-corrected chi connectivity index (χ0v) is 22.1. The number of fused-ring (bicyclic) bond motifs is 1. The van der Waals surface area contributed by atoms with Gasteiger partial charge in [0, 0.05) is 48.9 Å². The quantitative estimate of drug-likeness (QED) is 0.222. The van der Waals surface area contributed by atoms with Crippen LogP contribution < -0.4 is 20.3 Å². The molecule has 0 aliphatic rings. The van der Waals surface area contributed by atoms with Gasteiger partial charge in [-0.05, 0) is 38.4 Å². The number of amides is 1. The van der Waals surface area contributed by atoms with Crippen LogP contribution in [0, 0.1) is 0 Å². The number of rotatable bonds is 11. The van der Waals surface area contributed by atoms with E-state index in [9.17, 15) is 9.90 Å². The lowest BCUT2D eigenvalue weighted by Gasteiger charge is -2.26. The van der Waals surface area contributed by atoms with Crippen LogP contribution in [-0.4, -0.2) is 72.2 Å². The van der Waals surface area contributed by atoms with Gasteiger partial charge < -0.3 is 35.3 Å². The molecule has 0 saturated heterocycles. The fourth-order valence-electron chi connectivity index (χ4n) is 4.19. The number of hydrogen-bond acceptors (Lipinski definition) is 8. The van der Waals surface area contributed by atoms with Crippen LogP contribution in [0.3, 0.4) is 0 Å². The summed E-state index contributed by atoms with van der Waals surface area (Å²) < 4.78 is 5.69. The Hall–Kier alpha value is -4.41. The van der Waals surface area contributed by atoms with Gasteiger partial charge in [0.25, 0.3) is 0 Å². The number of aliphatic hydroxyl groups is 1. The molecule has 2 aromatic heterocycles. The monoisotopic (exact) mass is 515 g/mol. The van der Waals surface area contributed by atoms with E-state index in [-0.39, 0.29) is 12.5 Å². The van der Waals surface area contributed by atoms with E-state index in [1.54, 1.807) is 25.4 Å². The number of nitrogens with zero attached hydrogens (tertiary/aromatic N) is 4. The molecule has 4 aromatic rings. The molecule has 0 unspecified atom stereocenters. The van der Waals surface area contributed by atoms with Crippen LogP contribution in [0.15, 0.2) is 61.3 Å². The number of aliphatic hydroxyl groups excluding tert-OH is 1. The molecule has 10 heteroatoms.